The maximum atomic E-state index is 2.49. The molecule has 0 fully saturated rings. The normalized spacial score (nSPS) is 11.8. The van der Waals surface area contributed by atoms with Crippen LogP contribution in [0.1, 0.15) is 0 Å². The maximum absolute atomic E-state index is 2.49. The number of hydrogen-bond acceptors (Lipinski definition) is 2. The summed E-state index contributed by atoms with van der Waals surface area (Å²) >= 11 is 1.89. The van der Waals surface area contributed by atoms with Gasteiger partial charge in [0.05, 0.1) is 16.1 Å². The van der Waals surface area contributed by atoms with E-state index < -0.39 is 0 Å². The number of rotatable bonds is 4. The van der Waals surface area contributed by atoms with E-state index in [4.69, 9.17) is 0 Å². The quantitative estimate of drug-likeness (QED) is 0.176. The van der Waals surface area contributed by atoms with Gasteiger partial charge >= 0.3 is 0 Å². The Hall–Kier alpha value is -5.96. The molecule has 0 aliphatic heterocycles. The number of thiophene rings is 1. The Morgan fingerprint density at radius 3 is 1.88 bits per heavy atom. The van der Waals surface area contributed by atoms with E-state index >= 15 is 0 Å². The predicted molar refractivity (Wildman–Crippen MR) is 209 cm³/mol. The zero-order valence-electron chi connectivity index (χ0n) is 26.1. The summed E-state index contributed by atoms with van der Waals surface area (Å²) in [6, 6.07) is 64.5. The largest absolute Gasteiger partial charge is 0.308 e. The first-order valence-electron chi connectivity index (χ1n) is 16.4. The van der Waals surface area contributed by atoms with E-state index in [9.17, 15) is 0 Å². The third-order valence-electron chi connectivity index (χ3n) is 9.78. The van der Waals surface area contributed by atoms with Crippen LogP contribution in [0.25, 0.3) is 74.4 Å². The van der Waals surface area contributed by atoms with Gasteiger partial charge in [-0.25, -0.2) is 0 Å². The Morgan fingerprint density at radius 1 is 0.354 bits per heavy atom. The van der Waals surface area contributed by atoms with Gasteiger partial charge in [-0.15, -0.1) is 11.3 Å². The third-order valence-corrected chi connectivity index (χ3v) is 11.0. The molecule has 0 saturated heterocycles. The third kappa shape index (κ3) is 4.24. The van der Waals surface area contributed by atoms with Gasteiger partial charge in [0, 0.05) is 26.5 Å². The summed E-state index contributed by atoms with van der Waals surface area (Å²) in [5.41, 5.74) is 5.90. The first-order valence-corrected chi connectivity index (χ1v) is 17.2. The first kappa shape index (κ1) is 27.2. The second kappa shape index (κ2) is 10.8. The van der Waals surface area contributed by atoms with Crippen molar-refractivity contribution in [2.45, 2.75) is 0 Å². The Balaban J connectivity index is 1.29. The van der Waals surface area contributed by atoms with Gasteiger partial charge in [0.1, 0.15) is 0 Å². The lowest BCUT2D eigenvalue weighted by atomic mass is 9.95. The minimum atomic E-state index is 1.14. The lowest BCUT2D eigenvalue weighted by Gasteiger charge is -2.28. The van der Waals surface area contributed by atoms with Gasteiger partial charge in [0.2, 0.25) is 0 Å². The van der Waals surface area contributed by atoms with Crippen LogP contribution in [0.2, 0.25) is 0 Å². The Morgan fingerprint density at radius 2 is 1.00 bits per heavy atom. The zero-order valence-corrected chi connectivity index (χ0v) is 26.9. The molecule has 1 heterocycles. The highest BCUT2D eigenvalue weighted by atomic mass is 32.1. The summed E-state index contributed by atoms with van der Waals surface area (Å²) < 4.78 is 2.60. The van der Waals surface area contributed by atoms with Crippen molar-refractivity contribution < 1.29 is 0 Å². The van der Waals surface area contributed by atoms with E-state index in [1.807, 2.05) is 11.3 Å². The number of anilines is 3. The molecule has 2 heteroatoms. The molecule has 0 N–H and O–H groups in total. The zero-order chi connectivity index (χ0) is 31.6. The van der Waals surface area contributed by atoms with Crippen LogP contribution in [0, 0.1) is 0 Å². The Bertz CT molecular complexity index is 2850. The van der Waals surface area contributed by atoms with E-state index in [0.29, 0.717) is 0 Å². The monoisotopic (exact) mass is 627 g/mol. The molecule has 1 nitrogen and oxygen atoms in total. The molecule has 10 aromatic rings. The molecule has 0 radical (unpaired) electrons. The van der Waals surface area contributed by atoms with Gasteiger partial charge in [-0.05, 0) is 85.2 Å². The summed E-state index contributed by atoms with van der Waals surface area (Å²) in [5, 5.41) is 12.8. The van der Waals surface area contributed by atoms with Crippen LogP contribution in [-0.2, 0) is 0 Å². The lowest BCUT2D eigenvalue weighted by molar-refractivity contribution is 1.32. The minimum Gasteiger partial charge on any atom is -0.308 e. The van der Waals surface area contributed by atoms with Crippen molar-refractivity contribution in [1.82, 2.24) is 0 Å². The van der Waals surface area contributed by atoms with Crippen molar-refractivity contribution in [1.29, 1.82) is 0 Å². The van der Waals surface area contributed by atoms with Crippen LogP contribution >= 0.6 is 11.3 Å². The summed E-state index contributed by atoms with van der Waals surface area (Å²) in [6.45, 7) is 0. The van der Waals surface area contributed by atoms with Crippen LogP contribution in [0.5, 0.6) is 0 Å². The summed E-state index contributed by atoms with van der Waals surface area (Å²) in [5.74, 6) is 0. The molecule has 0 spiro atoms. The van der Waals surface area contributed by atoms with Crippen molar-refractivity contribution >= 4 is 91.7 Å². The molecule has 0 bridgehead atoms. The summed E-state index contributed by atoms with van der Waals surface area (Å²) in [6.07, 6.45) is 0. The van der Waals surface area contributed by atoms with Gasteiger partial charge in [-0.2, -0.15) is 0 Å². The molecular weight excluding hydrogens is 599 g/mol. The van der Waals surface area contributed by atoms with Crippen molar-refractivity contribution in [3.63, 3.8) is 0 Å². The highest BCUT2D eigenvalue weighted by molar-refractivity contribution is 7.26. The predicted octanol–water partition coefficient (Wildman–Crippen LogP) is 13.8. The summed E-state index contributed by atoms with van der Waals surface area (Å²) in [4.78, 5) is 2.49. The van der Waals surface area contributed by atoms with Gasteiger partial charge in [0.25, 0.3) is 0 Å². The number of fused-ring (bicyclic) bond motifs is 9. The average Bonchev–Trinajstić information content (AvgIpc) is 3.52. The van der Waals surface area contributed by atoms with Gasteiger partial charge < -0.3 is 4.90 Å². The molecule has 224 valence electrons. The van der Waals surface area contributed by atoms with Crippen molar-refractivity contribution in [2.24, 2.45) is 0 Å². The fraction of sp³-hybridized carbons (Fsp3) is 0. The molecule has 9 aromatic carbocycles. The molecule has 1 aromatic heterocycles. The SMILES string of the molecule is c1ccc(-c2cccc(N(c3cccc4c3ccc3ccc5ccccc5c34)c3cccc4c3sc3cc5ccccc5cc34)c2)cc1. The molecule has 0 unspecified atom stereocenters. The van der Waals surface area contributed by atoms with E-state index in [2.05, 4.69) is 181 Å². The van der Waals surface area contributed by atoms with Crippen LogP contribution < -0.4 is 4.90 Å². The second-order valence-electron chi connectivity index (χ2n) is 12.5. The van der Waals surface area contributed by atoms with Crippen LogP contribution in [-0.4, -0.2) is 0 Å². The number of benzene rings is 9. The lowest BCUT2D eigenvalue weighted by Crippen LogP contribution is -2.10. The molecule has 0 aliphatic carbocycles. The van der Waals surface area contributed by atoms with Gasteiger partial charge in [0.15, 0.2) is 0 Å². The molecule has 10 rings (SSSR count). The van der Waals surface area contributed by atoms with E-state index in [0.717, 1.165) is 5.69 Å². The highest BCUT2D eigenvalue weighted by Crippen LogP contribution is 2.48. The Labute approximate surface area is 282 Å². The second-order valence-corrected chi connectivity index (χ2v) is 13.6. The molecular formula is C46H29NS. The molecule has 0 aliphatic rings. The van der Waals surface area contributed by atoms with Crippen molar-refractivity contribution in [3.8, 4) is 11.1 Å². The maximum Gasteiger partial charge on any atom is 0.0640 e. The molecule has 0 atom stereocenters. The smallest absolute Gasteiger partial charge is 0.0640 e. The van der Waals surface area contributed by atoms with Crippen LogP contribution in [0.4, 0.5) is 17.1 Å². The highest BCUT2D eigenvalue weighted by Gasteiger charge is 2.21. The minimum absolute atomic E-state index is 1.14. The van der Waals surface area contributed by atoms with Gasteiger partial charge in [-0.1, -0.05) is 140 Å². The van der Waals surface area contributed by atoms with Gasteiger partial charge in [-0.3, -0.25) is 0 Å². The number of nitrogens with zero attached hydrogens (tertiary/aromatic N) is 1. The summed E-state index contributed by atoms with van der Waals surface area (Å²) in [7, 11) is 0. The van der Waals surface area contributed by atoms with E-state index in [1.165, 1.54) is 85.8 Å². The molecule has 0 saturated carbocycles. The molecule has 0 amide bonds. The van der Waals surface area contributed by atoms with E-state index in [1.54, 1.807) is 0 Å². The first-order chi connectivity index (χ1) is 23.8. The van der Waals surface area contributed by atoms with Crippen LogP contribution in [0.15, 0.2) is 176 Å². The van der Waals surface area contributed by atoms with E-state index in [-0.39, 0.29) is 0 Å². The average molecular weight is 628 g/mol. The standard InChI is InChI=1S/C46H29NS/c1-2-11-30(12-3-1)33-16-8-17-36(27-33)47(43-22-10-20-40-41-28-34-14-4-5-15-35(34)29-44(41)48-46(40)43)42-21-9-19-39-38(42)26-25-32-24-23-31-13-6-7-18-37(31)45(32)39/h1-29H. The van der Waals surface area contributed by atoms with Crippen LogP contribution in [0.3, 0.4) is 0 Å². The fourth-order valence-corrected chi connectivity index (χ4v) is 8.79. The fourth-order valence-electron chi connectivity index (χ4n) is 7.55. The van der Waals surface area contributed by atoms with Crippen molar-refractivity contribution in [2.75, 3.05) is 4.90 Å². The number of hydrogen-bond donors (Lipinski definition) is 0. The van der Waals surface area contributed by atoms with Crippen molar-refractivity contribution in [3.05, 3.63) is 176 Å². The molecule has 48 heavy (non-hydrogen) atoms. The topological polar surface area (TPSA) is 3.24 Å². The Kier molecular flexibility index (Phi) is 6.12.